The summed E-state index contributed by atoms with van der Waals surface area (Å²) >= 11 is 5.90. The molecule has 8 nitrogen and oxygen atoms in total. The highest BCUT2D eigenvalue weighted by Gasteiger charge is 2.33. The van der Waals surface area contributed by atoms with Crippen molar-refractivity contribution in [1.82, 2.24) is 24.6 Å². The van der Waals surface area contributed by atoms with Crippen molar-refractivity contribution in [1.29, 1.82) is 0 Å². The number of aryl methyl sites for hydroxylation is 1. The lowest BCUT2D eigenvalue weighted by Gasteiger charge is -2.37. The van der Waals surface area contributed by atoms with Crippen LogP contribution in [0.5, 0.6) is 5.75 Å². The van der Waals surface area contributed by atoms with Crippen LogP contribution in [0.15, 0.2) is 48.6 Å². The molecular formula is C23H24ClN5O3. The summed E-state index contributed by atoms with van der Waals surface area (Å²) in [6.45, 7) is 6.21. The lowest BCUT2D eigenvalue weighted by atomic mass is 10.1. The Morgan fingerprint density at radius 2 is 2.09 bits per heavy atom. The molecule has 0 unspecified atom stereocenters. The van der Waals surface area contributed by atoms with E-state index in [1.54, 1.807) is 41.4 Å². The number of halogens is 1. The van der Waals surface area contributed by atoms with Crippen LogP contribution < -0.4 is 4.74 Å². The van der Waals surface area contributed by atoms with Gasteiger partial charge in [-0.25, -0.2) is 14.6 Å². The molecule has 2 aromatic heterocycles. The predicted octanol–water partition coefficient (Wildman–Crippen LogP) is 3.98. The third-order valence-electron chi connectivity index (χ3n) is 5.31. The molecule has 0 bridgehead atoms. The summed E-state index contributed by atoms with van der Waals surface area (Å²) < 4.78 is 13.1. The van der Waals surface area contributed by atoms with Crippen molar-refractivity contribution in [2.45, 2.75) is 32.9 Å². The molecule has 32 heavy (non-hydrogen) atoms. The van der Waals surface area contributed by atoms with Gasteiger partial charge in [-0.1, -0.05) is 23.7 Å². The van der Waals surface area contributed by atoms with Crippen molar-refractivity contribution in [2.24, 2.45) is 0 Å². The molecule has 9 heteroatoms. The van der Waals surface area contributed by atoms with E-state index >= 15 is 0 Å². The molecule has 1 aromatic carbocycles. The Morgan fingerprint density at radius 3 is 2.75 bits per heavy atom. The second-order valence-corrected chi connectivity index (χ2v) is 8.04. The van der Waals surface area contributed by atoms with E-state index in [1.807, 2.05) is 45.0 Å². The van der Waals surface area contributed by atoms with Crippen molar-refractivity contribution >= 4 is 23.6 Å². The molecular weight excluding hydrogens is 430 g/mol. The Kier molecular flexibility index (Phi) is 6.14. The molecule has 166 valence electrons. The summed E-state index contributed by atoms with van der Waals surface area (Å²) in [5, 5.41) is 4.75. The van der Waals surface area contributed by atoms with Gasteiger partial charge in [0.05, 0.1) is 19.7 Å². The lowest BCUT2D eigenvalue weighted by molar-refractivity contribution is -0.141. The van der Waals surface area contributed by atoms with E-state index in [-0.39, 0.29) is 23.8 Å². The first-order chi connectivity index (χ1) is 15.4. The molecule has 1 saturated heterocycles. The highest BCUT2D eigenvalue weighted by Crippen LogP contribution is 2.30. The van der Waals surface area contributed by atoms with Crippen LogP contribution in [0.2, 0.25) is 5.15 Å². The van der Waals surface area contributed by atoms with Crippen LogP contribution >= 0.6 is 11.6 Å². The number of morpholine rings is 1. The van der Waals surface area contributed by atoms with E-state index in [2.05, 4.69) is 15.1 Å². The van der Waals surface area contributed by atoms with Crippen molar-refractivity contribution in [2.75, 3.05) is 13.7 Å². The van der Waals surface area contributed by atoms with Crippen LogP contribution in [-0.2, 0) is 9.53 Å². The van der Waals surface area contributed by atoms with Gasteiger partial charge in [-0.05, 0) is 56.2 Å². The topological polar surface area (TPSA) is 82.4 Å². The Morgan fingerprint density at radius 1 is 1.28 bits per heavy atom. The molecule has 0 radical (unpaired) electrons. The predicted molar refractivity (Wildman–Crippen MR) is 121 cm³/mol. The molecule has 1 aliphatic rings. The summed E-state index contributed by atoms with van der Waals surface area (Å²) in [4.78, 5) is 23.3. The van der Waals surface area contributed by atoms with Crippen molar-refractivity contribution in [3.05, 3.63) is 70.7 Å². The Bertz CT molecular complexity index is 1160. The van der Waals surface area contributed by atoms with Gasteiger partial charge in [0.1, 0.15) is 34.8 Å². The molecule has 1 amide bonds. The van der Waals surface area contributed by atoms with Gasteiger partial charge >= 0.3 is 0 Å². The Labute approximate surface area is 191 Å². The van der Waals surface area contributed by atoms with E-state index in [0.29, 0.717) is 23.3 Å². The van der Waals surface area contributed by atoms with Gasteiger partial charge < -0.3 is 14.4 Å². The number of nitrogens with zero attached hydrogens (tertiary/aromatic N) is 5. The normalized spacial score (nSPS) is 18.5. The number of methoxy groups -OCH3 is 1. The number of ether oxygens (including phenoxy) is 2. The fourth-order valence-corrected chi connectivity index (χ4v) is 3.75. The molecule has 1 aliphatic heterocycles. The maximum atomic E-state index is 13.2. The summed E-state index contributed by atoms with van der Waals surface area (Å²) in [6, 6.07) is 9.03. The third kappa shape index (κ3) is 4.45. The maximum Gasteiger partial charge on any atom is 0.289 e. The van der Waals surface area contributed by atoms with E-state index < -0.39 is 0 Å². The third-order valence-corrected chi connectivity index (χ3v) is 5.53. The van der Waals surface area contributed by atoms with Crippen LogP contribution in [0, 0.1) is 6.92 Å². The number of aromatic nitrogens is 4. The zero-order valence-electron chi connectivity index (χ0n) is 18.3. The summed E-state index contributed by atoms with van der Waals surface area (Å²) in [5.74, 6) is 1.38. The molecule has 3 aromatic rings. The first-order valence-electron chi connectivity index (χ1n) is 10.2. The van der Waals surface area contributed by atoms with Crippen LogP contribution in [0.25, 0.3) is 11.8 Å². The van der Waals surface area contributed by atoms with E-state index in [1.165, 1.54) is 0 Å². The number of carbonyl (C=O) groups excluding carboxylic acids is 1. The van der Waals surface area contributed by atoms with Gasteiger partial charge in [0, 0.05) is 6.20 Å². The second-order valence-electron chi connectivity index (χ2n) is 7.65. The average Bonchev–Trinajstić information content (AvgIpc) is 3.22. The largest absolute Gasteiger partial charge is 0.494 e. The number of amides is 1. The van der Waals surface area contributed by atoms with Crippen molar-refractivity contribution < 1.29 is 14.3 Å². The monoisotopic (exact) mass is 453 g/mol. The molecule has 3 heterocycles. The molecule has 0 spiro atoms. The summed E-state index contributed by atoms with van der Waals surface area (Å²) in [5.41, 5.74) is 2.44. The summed E-state index contributed by atoms with van der Waals surface area (Å²) in [7, 11) is 1.59. The second kappa shape index (κ2) is 9.00. The number of hydrogen-bond acceptors (Lipinski definition) is 6. The van der Waals surface area contributed by atoms with Crippen molar-refractivity contribution in [3.8, 4) is 11.4 Å². The number of rotatable bonds is 5. The minimum Gasteiger partial charge on any atom is -0.494 e. The quantitative estimate of drug-likeness (QED) is 0.429. The molecule has 1 fully saturated rings. The van der Waals surface area contributed by atoms with E-state index in [0.717, 1.165) is 16.8 Å². The van der Waals surface area contributed by atoms with Gasteiger partial charge in [-0.2, -0.15) is 5.10 Å². The molecule has 0 aliphatic carbocycles. The Hall–Kier alpha value is -3.39. The van der Waals surface area contributed by atoms with Crippen molar-refractivity contribution in [3.63, 3.8) is 0 Å². The van der Waals surface area contributed by atoms with Crippen LogP contribution in [-0.4, -0.2) is 50.3 Å². The first-order valence-corrected chi connectivity index (χ1v) is 10.6. The minimum atomic E-state index is -0.180. The zero-order valence-corrected chi connectivity index (χ0v) is 19.1. The van der Waals surface area contributed by atoms with Gasteiger partial charge in [-0.15, -0.1) is 0 Å². The SMILES string of the molecule is COc1cc(C=C2O[C@@H](C)CN([C@@H](C)c3ccc(Cl)nc3)C2=O)ccc1-n1cnc(C)n1. The molecule has 0 saturated carbocycles. The molecule has 4 rings (SSSR count). The number of carbonyl (C=O) groups is 1. The number of pyridine rings is 1. The van der Waals surface area contributed by atoms with Gasteiger partial charge in [0.25, 0.3) is 5.91 Å². The van der Waals surface area contributed by atoms with Crippen LogP contribution in [0.1, 0.15) is 36.8 Å². The molecule has 2 atom stereocenters. The lowest BCUT2D eigenvalue weighted by Crippen LogP contribution is -2.45. The first kappa shape index (κ1) is 21.8. The number of benzene rings is 1. The van der Waals surface area contributed by atoms with Gasteiger partial charge in [0.15, 0.2) is 5.76 Å². The minimum absolute atomic E-state index is 0.152. The maximum absolute atomic E-state index is 13.2. The van der Waals surface area contributed by atoms with Gasteiger partial charge in [0.2, 0.25) is 0 Å². The molecule has 0 N–H and O–H groups in total. The fraction of sp³-hybridized carbons (Fsp3) is 0.304. The fourth-order valence-electron chi connectivity index (χ4n) is 3.64. The standard InChI is InChI=1S/C23H24ClN5O3/c1-14-12-28(15(2)18-6-8-22(24)25-11-18)23(30)21(32-14)10-17-5-7-19(20(9-17)31-4)29-13-26-16(3)27-29/h5-11,13-15H,12H2,1-4H3/t14-,15-/m0/s1. The van der Waals surface area contributed by atoms with E-state index in [4.69, 9.17) is 21.1 Å². The summed E-state index contributed by atoms with van der Waals surface area (Å²) in [6.07, 6.45) is 4.91. The number of hydrogen-bond donors (Lipinski definition) is 0. The highest BCUT2D eigenvalue weighted by molar-refractivity contribution is 6.29. The van der Waals surface area contributed by atoms with Crippen LogP contribution in [0.3, 0.4) is 0 Å². The Balaban J connectivity index is 1.62. The van der Waals surface area contributed by atoms with E-state index in [9.17, 15) is 4.79 Å². The van der Waals surface area contributed by atoms with Gasteiger partial charge in [-0.3, -0.25) is 4.79 Å². The average molecular weight is 454 g/mol. The smallest absolute Gasteiger partial charge is 0.289 e. The van der Waals surface area contributed by atoms with Crippen LogP contribution in [0.4, 0.5) is 0 Å². The highest BCUT2D eigenvalue weighted by atomic mass is 35.5. The zero-order chi connectivity index (χ0) is 22.8.